The van der Waals surface area contributed by atoms with Crippen molar-refractivity contribution in [3.05, 3.63) is 35.4 Å². The van der Waals surface area contributed by atoms with Crippen molar-refractivity contribution in [2.45, 2.75) is 57.8 Å². The van der Waals surface area contributed by atoms with Crippen LogP contribution in [0.15, 0.2) is 18.2 Å². The van der Waals surface area contributed by atoms with E-state index in [9.17, 15) is 18.4 Å². The predicted molar refractivity (Wildman–Crippen MR) is 103 cm³/mol. The second-order valence-corrected chi connectivity index (χ2v) is 8.89. The van der Waals surface area contributed by atoms with Gasteiger partial charge in [0.05, 0.1) is 23.8 Å². The van der Waals surface area contributed by atoms with Crippen LogP contribution >= 0.6 is 0 Å². The Morgan fingerprint density at radius 1 is 1.17 bits per heavy atom. The van der Waals surface area contributed by atoms with Crippen molar-refractivity contribution in [3.63, 3.8) is 0 Å². The first kappa shape index (κ1) is 21.5. The lowest BCUT2D eigenvalue weighted by atomic mass is 9.88. The van der Waals surface area contributed by atoms with Gasteiger partial charge in [-0.2, -0.15) is 0 Å². The number of piperidine rings is 1. The number of ether oxygens (including phenoxy) is 2. The summed E-state index contributed by atoms with van der Waals surface area (Å²) in [5.74, 6) is -1.95. The van der Waals surface area contributed by atoms with Crippen LogP contribution in [0.25, 0.3) is 0 Å². The Bertz CT molecular complexity index is 785. The molecule has 1 atom stereocenters. The monoisotopic (exact) mass is 410 g/mol. The number of rotatable bonds is 1. The van der Waals surface area contributed by atoms with Crippen molar-refractivity contribution >= 4 is 12.0 Å². The van der Waals surface area contributed by atoms with Crippen molar-refractivity contribution in [1.29, 1.82) is 0 Å². The lowest BCUT2D eigenvalue weighted by molar-refractivity contribution is -0.160. The number of hydrogen-bond acceptors (Lipinski definition) is 4. The molecule has 1 aromatic carbocycles. The average Bonchev–Trinajstić information content (AvgIpc) is 2.61. The van der Waals surface area contributed by atoms with Crippen LogP contribution in [0.3, 0.4) is 0 Å². The number of amides is 2. The van der Waals surface area contributed by atoms with Gasteiger partial charge in [0, 0.05) is 19.6 Å². The topological polar surface area (TPSA) is 59.1 Å². The summed E-state index contributed by atoms with van der Waals surface area (Å²) in [6.07, 6.45) is 0.446. The molecule has 0 N–H and O–H groups in total. The highest BCUT2D eigenvalue weighted by atomic mass is 19.1. The maximum Gasteiger partial charge on any atom is 0.410 e. The number of likely N-dealkylation sites (tertiary alicyclic amines) is 1. The lowest BCUT2D eigenvalue weighted by Gasteiger charge is -2.49. The second-order valence-electron chi connectivity index (χ2n) is 8.89. The first-order chi connectivity index (χ1) is 13.5. The Labute approximate surface area is 169 Å². The van der Waals surface area contributed by atoms with Gasteiger partial charge in [-0.1, -0.05) is 0 Å². The van der Waals surface area contributed by atoms with E-state index < -0.39 is 28.7 Å². The van der Waals surface area contributed by atoms with Gasteiger partial charge in [0.25, 0.3) is 5.91 Å². The Hall–Kier alpha value is -2.22. The van der Waals surface area contributed by atoms with Crippen LogP contribution in [0.5, 0.6) is 0 Å². The molecule has 160 valence electrons. The fourth-order valence-electron chi connectivity index (χ4n) is 3.91. The van der Waals surface area contributed by atoms with E-state index in [0.717, 1.165) is 18.2 Å². The van der Waals surface area contributed by atoms with Crippen molar-refractivity contribution < 1.29 is 27.8 Å². The van der Waals surface area contributed by atoms with Gasteiger partial charge in [-0.05, 0) is 58.7 Å². The Morgan fingerprint density at radius 2 is 1.83 bits per heavy atom. The van der Waals surface area contributed by atoms with Gasteiger partial charge in [0.2, 0.25) is 0 Å². The summed E-state index contributed by atoms with van der Waals surface area (Å²) in [7, 11) is 0. The first-order valence-corrected chi connectivity index (χ1v) is 9.88. The van der Waals surface area contributed by atoms with E-state index in [4.69, 9.17) is 9.47 Å². The van der Waals surface area contributed by atoms with E-state index in [1.807, 2.05) is 27.7 Å². The molecule has 2 aliphatic rings. The number of carbonyl (C=O) groups is 2. The summed E-state index contributed by atoms with van der Waals surface area (Å²) in [5, 5.41) is 0. The summed E-state index contributed by atoms with van der Waals surface area (Å²) in [6.45, 7) is 8.76. The molecule has 1 spiro atoms. The molecule has 2 amide bonds. The molecule has 2 saturated heterocycles. The zero-order valence-corrected chi connectivity index (χ0v) is 17.3. The Morgan fingerprint density at radius 3 is 2.45 bits per heavy atom. The summed E-state index contributed by atoms with van der Waals surface area (Å²) in [4.78, 5) is 28.3. The lowest BCUT2D eigenvalue weighted by Crippen LogP contribution is -2.60. The van der Waals surface area contributed by atoms with Crippen molar-refractivity contribution in [2.24, 2.45) is 0 Å². The number of nitrogens with zero attached hydrogens (tertiary/aromatic N) is 2. The summed E-state index contributed by atoms with van der Waals surface area (Å²) in [6, 6.07) is 2.87. The summed E-state index contributed by atoms with van der Waals surface area (Å²) < 4.78 is 39.2. The molecule has 0 radical (unpaired) electrons. The van der Waals surface area contributed by atoms with Crippen LogP contribution in [0.1, 0.15) is 50.9 Å². The second kappa shape index (κ2) is 7.89. The molecule has 0 aromatic heterocycles. The predicted octanol–water partition coefficient (Wildman–Crippen LogP) is 3.60. The molecule has 1 aromatic rings. The standard InChI is InChI=1S/C21H28F2N2O4/c1-14-12-25(18(26)16-11-15(22)5-6-17(16)23)13-21(28-14)7-9-24(10-8-21)19(27)29-20(2,3)4/h5-6,11,14H,7-10,12-13H2,1-4H3. The molecule has 2 aliphatic heterocycles. The highest BCUT2D eigenvalue weighted by Gasteiger charge is 2.44. The quantitative estimate of drug-likeness (QED) is 0.710. The number of benzene rings is 1. The largest absolute Gasteiger partial charge is 0.444 e. The van der Waals surface area contributed by atoms with Gasteiger partial charge in [-0.3, -0.25) is 4.79 Å². The van der Waals surface area contributed by atoms with Crippen molar-refractivity contribution in [2.75, 3.05) is 26.2 Å². The highest BCUT2D eigenvalue weighted by Crippen LogP contribution is 2.33. The fraction of sp³-hybridized carbons (Fsp3) is 0.619. The van der Waals surface area contributed by atoms with E-state index in [2.05, 4.69) is 0 Å². The highest BCUT2D eigenvalue weighted by molar-refractivity contribution is 5.94. The van der Waals surface area contributed by atoms with Gasteiger partial charge in [-0.15, -0.1) is 0 Å². The fourth-order valence-corrected chi connectivity index (χ4v) is 3.91. The molecular formula is C21H28F2N2O4. The third-order valence-electron chi connectivity index (χ3n) is 5.18. The molecule has 0 saturated carbocycles. The van der Waals surface area contributed by atoms with E-state index in [1.165, 1.54) is 4.90 Å². The van der Waals surface area contributed by atoms with Gasteiger partial charge >= 0.3 is 6.09 Å². The van der Waals surface area contributed by atoms with Gasteiger partial charge in [-0.25, -0.2) is 13.6 Å². The molecular weight excluding hydrogens is 382 g/mol. The molecule has 2 fully saturated rings. The third kappa shape index (κ3) is 5.04. The zero-order chi connectivity index (χ0) is 21.4. The minimum Gasteiger partial charge on any atom is -0.444 e. The van der Waals surface area contributed by atoms with E-state index >= 15 is 0 Å². The smallest absolute Gasteiger partial charge is 0.410 e. The maximum absolute atomic E-state index is 14.1. The molecule has 6 nitrogen and oxygen atoms in total. The third-order valence-corrected chi connectivity index (χ3v) is 5.18. The van der Waals surface area contributed by atoms with E-state index in [-0.39, 0.29) is 24.3 Å². The van der Waals surface area contributed by atoms with Crippen LogP contribution in [-0.4, -0.2) is 65.3 Å². The minimum absolute atomic E-state index is 0.252. The van der Waals surface area contributed by atoms with Crippen LogP contribution in [0.2, 0.25) is 0 Å². The molecule has 3 rings (SSSR count). The minimum atomic E-state index is -0.746. The Kier molecular flexibility index (Phi) is 5.85. The normalized spacial score (nSPS) is 21.9. The molecule has 0 aliphatic carbocycles. The van der Waals surface area contributed by atoms with Crippen LogP contribution in [0, 0.1) is 11.6 Å². The maximum atomic E-state index is 14.1. The van der Waals surface area contributed by atoms with Crippen LogP contribution < -0.4 is 0 Å². The number of halogens is 2. The van der Waals surface area contributed by atoms with Gasteiger partial charge in [0.1, 0.15) is 17.2 Å². The molecule has 1 unspecified atom stereocenters. The van der Waals surface area contributed by atoms with Crippen molar-refractivity contribution in [3.8, 4) is 0 Å². The van der Waals surface area contributed by atoms with E-state index in [0.29, 0.717) is 32.5 Å². The van der Waals surface area contributed by atoms with Crippen LogP contribution in [0.4, 0.5) is 13.6 Å². The Balaban J connectivity index is 1.69. The molecule has 0 bridgehead atoms. The van der Waals surface area contributed by atoms with Gasteiger partial charge in [0.15, 0.2) is 0 Å². The van der Waals surface area contributed by atoms with E-state index in [1.54, 1.807) is 4.90 Å². The molecule has 8 heteroatoms. The van der Waals surface area contributed by atoms with Gasteiger partial charge < -0.3 is 19.3 Å². The SMILES string of the molecule is CC1CN(C(=O)c2cc(F)ccc2F)CC2(CCN(C(=O)OC(C)(C)C)CC2)O1. The molecule has 2 heterocycles. The summed E-state index contributed by atoms with van der Waals surface area (Å²) >= 11 is 0. The zero-order valence-electron chi connectivity index (χ0n) is 17.3. The number of carbonyl (C=O) groups excluding carboxylic acids is 2. The molecule has 29 heavy (non-hydrogen) atoms. The first-order valence-electron chi connectivity index (χ1n) is 9.88. The number of hydrogen-bond donors (Lipinski definition) is 0. The average molecular weight is 410 g/mol. The summed E-state index contributed by atoms with van der Waals surface area (Å²) in [5.41, 5.74) is -1.46. The van der Waals surface area contributed by atoms with Crippen molar-refractivity contribution in [1.82, 2.24) is 9.80 Å². The van der Waals surface area contributed by atoms with Crippen LogP contribution in [-0.2, 0) is 9.47 Å². The number of morpholine rings is 1.